The van der Waals surface area contributed by atoms with E-state index in [9.17, 15) is 8.42 Å². The van der Waals surface area contributed by atoms with Gasteiger partial charge in [-0.25, -0.2) is 8.42 Å². The first kappa shape index (κ1) is 16.7. The Kier molecular flexibility index (Phi) is 6.18. The molecule has 0 aliphatic heterocycles. The molecule has 1 atom stereocenters. The van der Waals surface area contributed by atoms with Gasteiger partial charge < -0.3 is 4.90 Å². The summed E-state index contributed by atoms with van der Waals surface area (Å²) in [4.78, 5) is 2.29. The van der Waals surface area contributed by atoms with Gasteiger partial charge in [0.1, 0.15) is 0 Å². The molecule has 0 N–H and O–H groups in total. The van der Waals surface area contributed by atoms with Crippen LogP contribution in [0.4, 0.5) is 0 Å². The Bertz CT molecular complexity index is 576. The summed E-state index contributed by atoms with van der Waals surface area (Å²) in [6, 6.07) is 8.53. The molecule has 4 nitrogen and oxygen atoms in total. The Hall–Kier alpha value is -1.38. The second kappa shape index (κ2) is 7.41. The monoisotopic (exact) mass is 294 g/mol. The molecule has 1 aromatic rings. The molecule has 110 valence electrons. The molecule has 0 saturated carbocycles. The molecule has 1 rings (SSSR count). The summed E-state index contributed by atoms with van der Waals surface area (Å²) in [5, 5.41) is 8.82. The zero-order valence-corrected chi connectivity index (χ0v) is 13.2. The van der Waals surface area contributed by atoms with Crippen LogP contribution >= 0.6 is 0 Å². The van der Waals surface area contributed by atoms with Crippen LogP contribution in [0.25, 0.3) is 0 Å². The smallest absolute Gasteiger partial charge is 0.179 e. The molecule has 0 fully saturated rings. The summed E-state index contributed by atoms with van der Waals surface area (Å²) in [6.45, 7) is 4.72. The molecule has 0 saturated heterocycles. The van der Waals surface area contributed by atoms with Crippen molar-refractivity contribution < 1.29 is 8.42 Å². The lowest BCUT2D eigenvalue weighted by molar-refractivity contribution is 0.258. The second-order valence-electron chi connectivity index (χ2n) is 5.08. The maximum absolute atomic E-state index is 12.2. The Morgan fingerprint density at radius 2 is 2.10 bits per heavy atom. The minimum absolute atomic E-state index is 0.0758. The summed E-state index contributed by atoms with van der Waals surface area (Å²) in [5.74, 6) is 0.0758. The Balaban J connectivity index is 2.73. The molecular weight excluding hydrogens is 272 g/mol. The van der Waals surface area contributed by atoms with Gasteiger partial charge in [0.25, 0.3) is 0 Å². The van der Waals surface area contributed by atoms with E-state index >= 15 is 0 Å². The van der Waals surface area contributed by atoms with E-state index in [0.717, 1.165) is 12.8 Å². The van der Waals surface area contributed by atoms with Gasteiger partial charge in [0, 0.05) is 12.6 Å². The summed E-state index contributed by atoms with van der Waals surface area (Å²) in [6.07, 6.45) is 2.14. The SMILES string of the molecule is CCCC(C)N(C)CCS(=O)(=O)c1cccc(C#N)c1. The highest BCUT2D eigenvalue weighted by molar-refractivity contribution is 7.91. The average Bonchev–Trinajstić information content (AvgIpc) is 2.45. The fourth-order valence-corrected chi connectivity index (χ4v) is 3.36. The fourth-order valence-electron chi connectivity index (χ4n) is 2.00. The highest BCUT2D eigenvalue weighted by Crippen LogP contribution is 2.14. The maximum Gasteiger partial charge on any atom is 0.179 e. The quantitative estimate of drug-likeness (QED) is 0.775. The van der Waals surface area contributed by atoms with E-state index < -0.39 is 9.84 Å². The van der Waals surface area contributed by atoms with Gasteiger partial charge in [-0.3, -0.25) is 0 Å². The minimum Gasteiger partial charge on any atom is -0.303 e. The number of hydrogen-bond acceptors (Lipinski definition) is 4. The zero-order valence-electron chi connectivity index (χ0n) is 12.3. The summed E-state index contributed by atoms with van der Waals surface area (Å²) in [5.41, 5.74) is 0.374. The van der Waals surface area contributed by atoms with Crippen LogP contribution in [-0.4, -0.2) is 38.7 Å². The van der Waals surface area contributed by atoms with Crippen LogP contribution in [0.1, 0.15) is 32.3 Å². The van der Waals surface area contributed by atoms with Crippen LogP contribution < -0.4 is 0 Å². The Morgan fingerprint density at radius 3 is 2.70 bits per heavy atom. The largest absolute Gasteiger partial charge is 0.303 e. The van der Waals surface area contributed by atoms with Gasteiger partial charge in [0.2, 0.25) is 0 Å². The molecular formula is C15H22N2O2S. The van der Waals surface area contributed by atoms with Crippen molar-refractivity contribution in [3.63, 3.8) is 0 Å². The van der Waals surface area contributed by atoms with Gasteiger partial charge in [-0.05, 0) is 38.6 Å². The van der Waals surface area contributed by atoms with Crippen molar-refractivity contribution in [1.82, 2.24) is 4.90 Å². The molecule has 20 heavy (non-hydrogen) atoms. The van der Waals surface area contributed by atoms with Gasteiger partial charge in [0.05, 0.1) is 22.3 Å². The topological polar surface area (TPSA) is 61.2 Å². The van der Waals surface area contributed by atoms with Crippen LogP contribution in [-0.2, 0) is 9.84 Å². The minimum atomic E-state index is -3.33. The van der Waals surface area contributed by atoms with Crippen LogP contribution in [0, 0.1) is 11.3 Å². The van der Waals surface area contributed by atoms with Crippen LogP contribution in [0.3, 0.4) is 0 Å². The molecule has 5 heteroatoms. The van der Waals surface area contributed by atoms with Gasteiger partial charge >= 0.3 is 0 Å². The van der Waals surface area contributed by atoms with Crippen molar-refractivity contribution in [3.05, 3.63) is 29.8 Å². The lowest BCUT2D eigenvalue weighted by Crippen LogP contribution is -2.33. The van der Waals surface area contributed by atoms with Crippen LogP contribution in [0.2, 0.25) is 0 Å². The normalized spacial score (nSPS) is 13.2. The molecule has 0 aliphatic carbocycles. The number of sulfone groups is 1. The first-order valence-electron chi connectivity index (χ1n) is 6.84. The lowest BCUT2D eigenvalue weighted by atomic mass is 10.2. The van der Waals surface area contributed by atoms with E-state index in [1.807, 2.05) is 13.1 Å². The van der Waals surface area contributed by atoms with Gasteiger partial charge in [-0.15, -0.1) is 0 Å². The molecule has 0 heterocycles. The highest BCUT2D eigenvalue weighted by Gasteiger charge is 2.17. The third-order valence-corrected chi connectivity index (χ3v) is 5.19. The van der Waals surface area contributed by atoms with Gasteiger partial charge in [0.15, 0.2) is 9.84 Å². The number of hydrogen-bond donors (Lipinski definition) is 0. The van der Waals surface area contributed by atoms with Crippen LogP contribution in [0.15, 0.2) is 29.2 Å². The van der Waals surface area contributed by atoms with E-state index in [1.54, 1.807) is 18.2 Å². The Labute approximate surface area is 121 Å². The molecule has 0 aliphatic rings. The number of benzene rings is 1. The number of nitriles is 1. The second-order valence-corrected chi connectivity index (χ2v) is 7.19. The van der Waals surface area contributed by atoms with Gasteiger partial charge in [-0.2, -0.15) is 5.26 Å². The van der Waals surface area contributed by atoms with E-state index in [4.69, 9.17) is 5.26 Å². The van der Waals surface area contributed by atoms with Crippen molar-refractivity contribution in [3.8, 4) is 6.07 Å². The predicted molar refractivity (Wildman–Crippen MR) is 80.2 cm³/mol. The fraction of sp³-hybridized carbons (Fsp3) is 0.533. The first-order chi connectivity index (χ1) is 9.40. The van der Waals surface area contributed by atoms with Crippen LogP contribution in [0.5, 0.6) is 0 Å². The van der Waals surface area contributed by atoms with E-state index in [2.05, 4.69) is 18.7 Å². The first-order valence-corrected chi connectivity index (χ1v) is 8.49. The third kappa shape index (κ3) is 4.62. The molecule has 1 unspecified atom stereocenters. The number of rotatable bonds is 7. The molecule has 0 amide bonds. The maximum atomic E-state index is 12.2. The van der Waals surface area contributed by atoms with E-state index in [0.29, 0.717) is 18.2 Å². The van der Waals surface area contributed by atoms with Crippen molar-refractivity contribution in [2.24, 2.45) is 0 Å². The Morgan fingerprint density at radius 1 is 1.40 bits per heavy atom. The van der Waals surface area contributed by atoms with Crippen molar-refractivity contribution in [2.45, 2.75) is 37.6 Å². The predicted octanol–water partition coefficient (Wildman–Crippen LogP) is 2.45. The van der Waals surface area contributed by atoms with E-state index in [-0.39, 0.29) is 10.6 Å². The van der Waals surface area contributed by atoms with Crippen molar-refractivity contribution in [2.75, 3.05) is 19.3 Å². The third-order valence-electron chi connectivity index (χ3n) is 3.49. The summed E-state index contributed by atoms with van der Waals surface area (Å²) < 4.78 is 24.5. The molecule has 0 aromatic heterocycles. The highest BCUT2D eigenvalue weighted by atomic mass is 32.2. The molecule has 0 spiro atoms. The summed E-state index contributed by atoms with van der Waals surface area (Å²) >= 11 is 0. The standard InChI is InChI=1S/C15H22N2O2S/c1-4-6-13(2)17(3)9-10-20(18,19)15-8-5-7-14(11-15)12-16/h5,7-8,11,13H,4,6,9-10H2,1-3H3. The molecule has 0 bridgehead atoms. The van der Waals surface area contributed by atoms with Crippen molar-refractivity contribution >= 4 is 9.84 Å². The van der Waals surface area contributed by atoms with Gasteiger partial charge in [-0.1, -0.05) is 19.4 Å². The summed E-state index contributed by atoms with van der Waals surface area (Å²) in [7, 11) is -1.38. The van der Waals surface area contributed by atoms with Crippen molar-refractivity contribution in [1.29, 1.82) is 5.26 Å². The average molecular weight is 294 g/mol. The van der Waals surface area contributed by atoms with E-state index in [1.165, 1.54) is 6.07 Å². The lowest BCUT2D eigenvalue weighted by Gasteiger charge is -2.24. The molecule has 0 radical (unpaired) electrons. The number of nitrogens with zero attached hydrogens (tertiary/aromatic N) is 2. The molecule has 1 aromatic carbocycles. The zero-order chi connectivity index (χ0) is 15.2.